The Labute approximate surface area is 181 Å². The minimum Gasteiger partial charge on any atom is -0.502 e. The van der Waals surface area contributed by atoms with Crippen LogP contribution < -0.4 is 15.2 Å². The predicted molar refractivity (Wildman–Crippen MR) is 111 cm³/mol. The number of benzene rings is 2. The van der Waals surface area contributed by atoms with Crippen molar-refractivity contribution in [2.75, 3.05) is 18.7 Å². The standard InChI is InChI=1S/C23H19F2N3O4/c1-26-17-10-12-32-22-14(7-8-15(24)18(22)25)19(13-5-3-2-4-6-13)28(17)27-11-9-16(29)21(30)20(27)23(26)31/h2-9,11,17,19,30H,10,12H2,1H3/t17?,19-/m0/s1. The molecule has 0 fully saturated rings. The van der Waals surface area contributed by atoms with Gasteiger partial charge in [-0.15, -0.1) is 0 Å². The van der Waals surface area contributed by atoms with Gasteiger partial charge in [0.1, 0.15) is 12.2 Å². The maximum Gasteiger partial charge on any atom is 0.277 e. The van der Waals surface area contributed by atoms with Gasteiger partial charge in [0.2, 0.25) is 11.2 Å². The van der Waals surface area contributed by atoms with Crippen molar-refractivity contribution < 1.29 is 23.4 Å². The van der Waals surface area contributed by atoms with E-state index in [4.69, 9.17) is 4.74 Å². The monoisotopic (exact) mass is 439 g/mol. The highest BCUT2D eigenvalue weighted by Gasteiger charge is 2.43. The van der Waals surface area contributed by atoms with E-state index in [9.17, 15) is 23.5 Å². The highest BCUT2D eigenvalue weighted by atomic mass is 19.2. The van der Waals surface area contributed by atoms with Crippen molar-refractivity contribution in [1.29, 1.82) is 0 Å². The van der Waals surface area contributed by atoms with Crippen LogP contribution in [0.25, 0.3) is 0 Å². The number of ether oxygens (including phenoxy) is 1. The summed E-state index contributed by atoms with van der Waals surface area (Å²) in [4.78, 5) is 26.6. The van der Waals surface area contributed by atoms with E-state index in [-0.39, 0.29) is 24.5 Å². The lowest BCUT2D eigenvalue weighted by Crippen LogP contribution is -2.62. The molecule has 2 aliphatic heterocycles. The number of carbonyl (C=O) groups excluding carboxylic acids is 1. The summed E-state index contributed by atoms with van der Waals surface area (Å²) in [7, 11) is 1.57. The lowest BCUT2D eigenvalue weighted by Gasteiger charge is -2.49. The number of halogens is 2. The van der Waals surface area contributed by atoms with Gasteiger partial charge in [-0.3, -0.25) is 19.3 Å². The number of hydrogen-bond donors (Lipinski definition) is 1. The van der Waals surface area contributed by atoms with E-state index in [0.717, 1.165) is 17.7 Å². The summed E-state index contributed by atoms with van der Waals surface area (Å²) >= 11 is 0. The molecule has 3 heterocycles. The fourth-order valence-electron chi connectivity index (χ4n) is 4.44. The molecule has 32 heavy (non-hydrogen) atoms. The molecule has 5 rings (SSSR count). The summed E-state index contributed by atoms with van der Waals surface area (Å²) in [6, 6.07) is 12.0. The highest BCUT2D eigenvalue weighted by Crippen LogP contribution is 2.41. The van der Waals surface area contributed by atoms with Crippen LogP contribution in [0.4, 0.5) is 8.78 Å². The fourth-order valence-corrected chi connectivity index (χ4v) is 4.44. The van der Waals surface area contributed by atoms with Crippen LogP contribution in [-0.2, 0) is 0 Å². The van der Waals surface area contributed by atoms with Crippen molar-refractivity contribution in [2.45, 2.75) is 18.6 Å². The van der Waals surface area contributed by atoms with E-state index >= 15 is 0 Å². The molecule has 1 N–H and O–H groups in total. The summed E-state index contributed by atoms with van der Waals surface area (Å²) in [5, 5.41) is 12.2. The Kier molecular flexibility index (Phi) is 4.61. The molecule has 3 aromatic rings. The topological polar surface area (TPSA) is 75.0 Å². The Balaban J connectivity index is 1.85. The third-order valence-corrected chi connectivity index (χ3v) is 5.96. The van der Waals surface area contributed by atoms with Crippen LogP contribution in [0.2, 0.25) is 0 Å². The average Bonchev–Trinajstić information content (AvgIpc) is 2.78. The number of aromatic nitrogens is 1. The van der Waals surface area contributed by atoms with Crippen molar-refractivity contribution in [3.63, 3.8) is 0 Å². The Morgan fingerprint density at radius 2 is 1.81 bits per heavy atom. The van der Waals surface area contributed by atoms with E-state index in [0.29, 0.717) is 5.56 Å². The molecule has 0 radical (unpaired) electrons. The zero-order chi connectivity index (χ0) is 22.6. The molecule has 0 saturated carbocycles. The van der Waals surface area contributed by atoms with Gasteiger partial charge in [0.05, 0.1) is 6.61 Å². The van der Waals surface area contributed by atoms with E-state index in [1.807, 2.05) is 30.3 Å². The van der Waals surface area contributed by atoms with Gasteiger partial charge in [-0.25, -0.2) is 4.39 Å². The van der Waals surface area contributed by atoms with Gasteiger partial charge < -0.3 is 14.7 Å². The van der Waals surface area contributed by atoms with Crippen LogP contribution in [0.5, 0.6) is 11.5 Å². The third kappa shape index (κ3) is 2.84. The molecule has 1 aromatic heterocycles. The van der Waals surface area contributed by atoms with Crippen molar-refractivity contribution >= 4 is 5.91 Å². The van der Waals surface area contributed by atoms with E-state index in [1.54, 1.807) is 12.1 Å². The molecule has 0 bridgehead atoms. The molecule has 1 unspecified atom stereocenters. The Hall–Kier alpha value is -3.88. The highest BCUT2D eigenvalue weighted by molar-refractivity contribution is 5.96. The summed E-state index contributed by atoms with van der Waals surface area (Å²) in [5.41, 5.74) is 0.202. The van der Waals surface area contributed by atoms with Gasteiger partial charge in [0.25, 0.3) is 5.91 Å². The summed E-state index contributed by atoms with van der Waals surface area (Å²) < 4.78 is 35.9. The number of aromatic hydroxyl groups is 1. The first kappa shape index (κ1) is 20.0. The minimum absolute atomic E-state index is 0.0230. The van der Waals surface area contributed by atoms with Crippen LogP contribution in [0, 0.1) is 11.6 Å². The number of nitrogens with zero attached hydrogens (tertiary/aromatic N) is 3. The van der Waals surface area contributed by atoms with Crippen LogP contribution in [0.15, 0.2) is 59.5 Å². The van der Waals surface area contributed by atoms with Crippen LogP contribution in [-0.4, -0.2) is 40.4 Å². The Morgan fingerprint density at radius 3 is 2.56 bits per heavy atom. The van der Waals surface area contributed by atoms with E-state index in [2.05, 4.69) is 0 Å². The van der Waals surface area contributed by atoms with Crippen molar-refractivity contribution in [3.8, 4) is 11.5 Å². The maximum absolute atomic E-state index is 14.8. The number of carbonyl (C=O) groups is 1. The molecule has 0 spiro atoms. The van der Waals surface area contributed by atoms with Crippen LogP contribution in [0.1, 0.15) is 34.1 Å². The number of pyridine rings is 1. The van der Waals surface area contributed by atoms with Crippen molar-refractivity contribution in [3.05, 3.63) is 93.4 Å². The molecule has 1 amide bonds. The Bertz CT molecular complexity index is 1280. The molecule has 2 aliphatic rings. The molecule has 9 heteroatoms. The SMILES string of the molecule is CN1C(=O)c2c(O)c(=O)ccn2N2C1CCOc1c(ccc(F)c1F)[C@@H]2c1ccccc1. The zero-order valence-corrected chi connectivity index (χ0v) is 17.0. The molecular weight excluding hydrogens is 420 g/mol. The van der Waals surface area contributed by atoms with Gasteiger partial charge >= 0.3 is 0 Å². The second-order valence-electron chi connectivity index (χ2n) is 7.73. The van der Waals surface area contributed by atoms with E-state index in [1.165, 1.54) is 21.8 Å². The van der Waals surface area contributed by atoms with Crippen LogP contribution >= 0.6 is 0 Å². The lowest BCUT2D eigenvalue weighted by atomic mass is 9.94. The predicted octanol–water partition coefficient (Wildman–Crippen LogP) is 2.75. The van der Waals surface area contributed by atoms with Gasteiger partial charge in [-0.1, -0.05) is 30.3 Å². The van der Waals surface area contributed by atoms with Crippen LogP contribution in [0.3, 0.4) is 0 Å². The number of hydrogen-bond acceptors (Lipinski definition) is 5. The maximum atomic E-state index is 14.8. The fraction of sp³-hybridized carbons (Fsp3) is 0.217. The molecular formula is C23H19F2N3O4. The van der Waals surface area contributed by atoms with Gasteiger partial charge in [0, 0.05) is 31.3 Å². The summed E-state index contributed by atoms with van der Waals surface area (Å²) in [6.07, 6.45) is 1.13. The molecule has 2 aromatic carbocycles. The average molecular weight is 439 g/mol. The lowest BCUT2D eigenvalue weighted by molar-refractivity contribution is 0.0571. The second kappa shape index (κ2) is 7.37. The summed E-state index contributed by atoms with van der Waals surface area (Å²) in [6.45, 7) is 0.0230. The molecule has 164 valence electrons. The van der Waals surface area contributed by atoms with Gasteiger partial charge in [0.15, 0.2) is 23.0 Å². The normalized spacial score (nSPS) is 19.9. The smallest absolute Gasteiger partial charge is 0.277 e. The number of amides is 1. The largest absolute Gasteiger partial charge is 0.502 e. The number of rotatable bonds is 1. The second-order valence-corrected chi connectivity index (χ2v) is 7.73. The third-order valence-electron chi connectivity index (χ3n) is 5.96. The molecule has 2 atom stereocenters. The number of fused-ring (bicyclic) bond motifs is 4. The van der Waals surface area contributed by atoms with Crippen molar-refractivity contribution in [2.24, 2.45) is 0 Å². The zero-order valence-electron chi connectivity index (χ0n) is 17.0. The van der Waals surface area contributed by atoms with Crippen molar-refractivity contribution in [1.82, 2.24) is 9.58 Å². The first-order chi connectivity index (χ1) is 15.4. The molecule has 0 aliphatic carbocycles. The quantitative estimate of drug-likeness (QED) is 0.631. The van der Waals surface area contributed by atoms with E-state index < -0.39 is 40.9 Å². The first-order valence-electron chi connectivity index (χ1n) is 10.1. The molecule has 0 saturated heterocycles. The molecule has 7 nitrogen and oxygen atoms in total. The first-order valence-corrected chi connectivity index (χ1v) is 10.1. The Morgan fingerprint density at radius 1 is 1.06 bits per heavy atom. The van der Waals surface area contributed by atoms with Gasteiger partial charge in [-0.05, 0) is 17.7 Å². The summed E-state index contributed by atoms with van der Waals surface area (Å²) in [5.74, 6) is -3.52. The van der Waals surface area contributed by atoms with Gasteiger partial charge in [-0.2, -0.15) is 4.39 Å². The minimum atomic E-state index is -1.09.